The van der Waals surface area contributed by atoms with Crippen LogP contribution in [0.1, 0.15) is 137 Å². The molecule has 0 aliphatic rings. The lowest BCUT2D eigenvalue weighted by Crippen LogP contribution is -2.46. The molecule has 0 aromatic heterocycles. The lowest BCUT2D eigenvalue weighted by atomic mass is 10.0. The molecule has 0 bridgehead atoms. The van der Waals surface area contributed by atoms with Crippen LogP contribution in [0.25, 0.3) is 0 Å². The lowest BCUT2D eigenvalue weighted by molar-refractivity contribution is -0.111. The number of rotatable bonds is 26. The van der Waals surface area contributed by atoms with Gasteiger partial charge in [-0.3, -0.25) is 4.79 Å². The maximum Gasteiger partial charge on any atom is 0.500 e. The van der Waals surface area contributed by atoms with E-state index >= 15 is 0 Å². The van der Waals surface area contributed by atoms with E-state index in [9.17, 15) is 4.79 Å². The molecule has 0 heterocycles. The Morgan fingerprint density at radius 2 is 0.970 bits per heavy atom. The van der Waals surface area contributed by atoms with E-state index in [1.807, 2.05) is 20.8 Å². The van der Waals surface area contributed by atoms with Crippen LogP contribution in [0.15, 0.2) is 0 Å². The molecule has 0 saturated carbocycles. The zero-order valence-electron chi connectivity index (χ0n) is 22.6. The van der Waals surface area contributed by atoms with Crippen molar-refractivity contribution in [2.45, 2.75) is 143 Å². The molecule has 0 fully saturated rings. The second-order valence-corrected chi connectivity index (χ2v) is 12.9. The van der Waals surface area contributed by atoms with Crippen molar-refractivity contribution in [1.82, 2.24) is 0 Å². The van der Waals surface area contributed by atoms with E-state index in [0.29, 0.717) is 31.4 Å². The number of carbonyl (C=O) groups excluding carboxylic acids is 1. The van der Waals surface area contributed by atoms with Crippen molar-refractivity contribution in [1.29, 1.82) is 0 Å². The summed E-state index contributed by atoms with van der Waals surface area (Å²) in [7, 11) is -2.56. The van der Waals surface area contributed by atoms with Crippen LogP contribution >= 0.6 is 11.8 Å². The minimum absolute atomic E-state index is 0.334. The third-order valence-corrected chi connectivity index (χ3v) is 10.1. The van der Waals surface area contributed by atoms with Crippen LogP contribution in [0.5, 0.6) is 0 Å². The van der Waals surface area contributed by atoms with Crippen LogP contribution in [-0.4, -0.2) is 39.5 Å². The zero-order valence-corrected chi connectivity index (χ0v) is 24.4. The van der Waals surface area contributed by atoms with E-state index in [1.54, 1.807) is 0 Å². The number of unbranched alkanes of at least 4 members (excludes halogenated alkanes) is 14. The largest absolute Gasteiger partial charge is 0.500 e. The fraction of sp³-hybridized carbons (Fsp3) is 0.963. The second-order valence-electron chi connectivity index (χ2n) is 9.01. The van der Waals surface area contributed by atoms with E-state index in [-0.39, 0.29) is 0 Å². The summed E-state index contributed by atoms with van der Waals surface area (Å²) in [6.07, 6.45) is 22.0. The maximum atomic E-state index is 12.2. The summed E-state index contributed by atoms with van der Waals surface area (Å²) in [5, 5.41) is 0.334. The summed E-state index contributed by atoms with van der Waals surface area (Å²) in [4.78, 5) is 12.2. The summed E-state index contributed by atoms with van der Waals surface area (Å²) in [6.45, 7) is 10.1. The van der Waals surface area contributed by atoms with Gasteiger partial charge in [-0.15, -0.1) is 0 Å². The number of hydrogen-bond donors (Lipinski definition) is 0. The molecule has 0 aromatic carbocycles. The Morgan fingerprint density at radius 1 is 0.576 bits per heavy atom. The molecule has 198 valence electrons. The van der Waals surface area contributed by atoms with Gasteiger partial charge in [-0.05, 0) is 33.6 Å². The molecule has 6 heteroatoms. The van der Waals surface area contributed by atoms with Crippen LogP contribution in [0.4, 0.5) is 0 Å². The van der Waals surface area contributed by atoms with Gasteiger partial charge in [0.1, 0.15) is 0 Å². The third kappa shape index (κ3) is 21.1. The topological polar surface area (TPSA) is 44.8 Å². The Kier molecular flexibility index (Phi) is 25.3. The predicted octanol–water partition coefficient (Wildman–Crippen LogP) is 8.95. The highest BCUT2D eigenvalue weighted by atomic mass is 32.2. The monoisotopic (exact) mass is 504 g/mol. The molecule has 0 aliphatic carbocycles. The van der Waals surface area contributed by atoms with E-state index in [1.165, 1.54) is 102 Å². The van der Waals surface area contributed by atoms with E-state index < -0.39 is 8.80 Å². The molecule has 0 rings (SSSR count). The Labute approximate surface area is 212 Å². The quantitative estimate of drug-likeness (QED) is 0.0868. The maximum absolute atomic E-state index is 12.2. The van der Waals surface area contributed by atoms with Crippen molar-refractivity contribution in [3.63, 3.8) is 0 Å². The summed E-state index contributed by atoms with van der Waals surface area (Å²) in [5.74, 6) is 0.833. The molecule has 0 unspecified atom stereocenters. The van der Waals surface area contributed by atoms with E-state index in [4.69, 9.17) is 13.3 Å². The van der Waals surface area contributed by atoms with Crippen molar-refractivity contribution in [2.24, 2.45) is 0 Å². The molecule has 4 nitrogen and oxygen atoms in total. The minimum atomic E-state index is -2.56. The standard InChI is InChI=1S/C27H56O4SSi/c1-5-9-10-11-12-13-14-15-16-17-18-19-20-21-22-24-27(28)32-25-23-26-33(29-6-2,30-7-3)31-8-4/h5-26H2,1-4H3. The molecular weight excluding hydrogens is 448 g/mol. The normalized spacial score (nSPS) is 11.9. The minimum Gasteiger partial charge on any atom is -0.374 e. The molecule has 0 N–H and O–H groups in total. The Morgan fingerprint density at radius 3 is 1.36 bits per heavy atom. The van der Waals surface area contributed by atoms with Crippen molar-refractivity contribution in [3.05, 3.63) is 0 Å². The van der Waals surface area contributed by atoms with Gasteiger partial charge in [-0.2, -0.15) is 0 Å². The Bertz CT molecular complexity index is 406. The molecule has 0 saturated heterocycles. The van der Waals surface area contributed by atoms with Gasteiger partial charge in [0.15, 0.2) is 5.12 Å². The zero-order chi connectivity index (χ0) is 24.5. The average Bonchev–Trinajstić information content (AvgIpc) is 2.80. The van der Waals surface area contributed by atoms with Gasteiger partial charge in [0.25, 0.3) is 0 Å². The first-order valence-corrected chi connectivity index (χ1v) is 17.1. The number of hydrogen-bond acceptors (Lipinski definition) is 5. The molecule has 33 heavy (non-hydrogen) atoms. The van der Waals surface area contributed by atoms with Crippen molar-refractivity contribution >= 4 is 25.7 Å². The van der Waals surface area contributed by atoms with Crippen LogP contribution in [0.3, 0.4) is 0 Å². The van der Waals surface area contributed by atoms with E-state index in [2.05, 4.69) is 6.92 Å². The molecule has 0 aliphatic heterocycles. The molecular formula is C27H56O4SSi. The van der Waals surface area contributed by atoms with Gasteiger partial charge in [-0.25, -0.2) is 0 Å². The highest BCUT2D eigenvalue weighted by Crippen LogP contribution is 2.21. The molecule has 0 radical (unpaired) electrons. The first-order chi connectivity index (χ1) is 16.1. The summed E-state index contributed by atoms with van der Waals surface area (Å²) in [6, 6.07) is 0.793. The fourth-order valence-electron chi connectivity index (χ4n) is 4.19. The predicted molar refractivity (Wildman–Crippen MR) is 147 cm³/mol. The van der Waals surface area contributed by atoms with Gasteiger partial charge in [-0.1, -0.05) is 109 Å². The second kappa shape index (κ2) is 25.2. The number of carbonyl (C=O) groups is 1. The van der Waals surface area contributed by atoms with Crippen LogP contribution < -0.4 is 0 Å². The van der Waals surface area contributed by atoms with E-state index in [0.717, 1.165) is 24.6 Å². The summed E-state index contributed by atoms with van der Waals surface area (Å²) in [5.41, 5.74) is 0. The third-order valence-electron chi connectivity index (χ3n) is 5.97. The number of thioether (sulfide) groups is 1. The van der Waals surface area contributed by atoms with Gasteiger partial charge in [0, 0.05) is 38.0 Å². The molecule has 0 atom stereocenters. The van der Waals surface area contributed by atoms with Gasteiger partial charge < -0.3 is 13.3 Å². The molecule has 0 amide bonds. The van der Waals surface area contributed by atoms with Gasteiger partial charge in [0.05, 0.1) is 0 Å². The SMILES string of the molecule is CCCCCCCCCCCCCCCCCC(=O)SCCC[Si](OCC)(OCC)OCC. The van der Waals surface area contributed by atoms with Gasteiger partial charge in [0.2, 0.25) is 0 Å². The fourth-order valence-corrected chi connectivity index (χ4v) is 7.86. The Hall–Kier alpha value is 0.117. The van der Waals surface area contributed by atoms with Crippen LogP contribution in [0.2, 0.25) is 6.04 Å². The van der Waals surface area contributed by atoms with Crippen molar-refractivity contribution < 1.29 is 18.1 Å². The first-order valence-electron chi connectivity index (χ1n) is 14.2. The Balaban J connectivity index is 3.53. The van der Waals surface area contributed by atoms with Gasteiger partial charge >= 0.3 is 8.80 Å². The van der Waals surface area contributed by atoms with Crippen LogP contribution in [0, 0.1) is 0 Å². The van der Waals surface area contributed by atoms with Crippen molar-refractivity contribution in [2.75, 3.05) is 25.6 Å². The lowest BCUT2D eigenvalue weighted by Gasteiger charge is -2.28. The summed E-state index contributed by atoms with van der Waals surface area (Å²) < 4.78 is 17.6. The highest BCUT2D eigenvalue weighted by Gasteiger charge is 2.39. The van der Waals surface area contributed by atoms with Crippen molar-refractivity contribution in [3.8, 4) is 0 Å². The molecule has 0 spiro atoms. The first kappa shape index (κ1) is 33.1. The molecule has 0 aromatic rings. The summed E-state index contributed by atoms with van der Waals surface area (Å²) >= 11 is 1.47. The average molecular weight is 505 g/mol. The smallest absolute Gasteiger partial charge is 0.374 e. The highest BCUT2D eigenvalue weighted by molar-refractivity contribution is 8.13. The van der Waals surface area contributed by atoms with Crippen LogP contribution in [-0.2, 0) is 18.1 Å².